The van der Waals surface area contributed by atoms with E-state index in [1.54, 1.807) is 18.6 Å². The van der Waals surface area contributed by atoms with E-state index in [0.29, 0.717) is 26.2 Å². The topological polar surface area (TPSA) is 74.2 Å². The molecule has 0 bridgehead atoms. The molecular formula is C22H25N5O. The average molecular weight is 375 g/mol. The first-order valence-electron chi connectivity index (χ1n) is 9.31. The molecule has 0 spiro atoms. The number of rotatable bonds is 10. The normalized spacial score (nSPS) is 12.2. The average Bonchev–Trinajstić information content (AvgIpc) is 2.74. The number of aliphatic hydroxyl groups excluding tert-OH is 1. The molecule has 3 heterocycles. The predicted octanol–water partition coefficient (Wildman–Crippen LogP) is 2.50. The Balaban J connectivity index is 1.56. The summed E-state index contributed by atoms with van der Waals surface area (Å²) in [5.41, 5.74) is 2.77. The molecule has 28 heavy (non-hydrogen) atoms. The molecule has 0 saturated carbocycles. The van der Waals surface area contributed by atoms with Gasteiger partial charge in [0.1, 0.15) is 0 Å². The molecule has 0 amide bonds. The fourth-order valence-corrected chi connectivity index (χ4v) is 2.74. The third-order valence-corrected chi connectivity index (χ3v) is 4.09. The van der Waals surface area contributed by atoms with Gasteiger partial charge >= 0.3 is 0 Å². The maximum absolute atomic E-state index is 10.5. The first-order chi connectivity index (χ1) is 13.8. The Labute approximate surface area is 165 Å². The smallest absolute Gasteiger partial charge is 0.0839 e. The quantitative estimate of drug-likeness (QED) is 0.567. The van der Waals surface area contributed by atoms with E-state index in [9.17, 15) is 5.11 Å². The maximum atomic E-state index is 10.5. The fraction of sp³-hybridized carbons (Fsp3) is 0.227. The van der Waals surface area contributed by atoms with Crippen LogP contribution >= 0.6 is 0 Å². The van der Waals surface area contributed by atoms with Gasteiger partial charge in [-0.1, -0.05) is 18.2 Å². The van der Waals surface area contributed by atoms with Crippen LogP contribution in [0.15, 0.2) is 79.4 Å². The second-order valence-electron chi connectivity index (χ2n) is 6.43. The third kappa shape index (κ3) is 6.90. The van der Waals surface area contributed by atoms with Gasteiger partial charge in [0.15, 0.2) is 0 Å². The van der Waals surface area contributed by atoms with Crippen LogP contribution in [0.3, 0.4) is 0 Å². The molecule has 0 radical (unpaired) electrons. The SMILES string of the molecule is OC(CNCc1ccccn1)CN(C=Cc1ccccn1)Cc1ccccn1. The van der Waals surface area contributed by atoms with Crippen LogP contribution in [0.2, 0.25) is 0 Å². The number of aliphatic hydroxyl groups is 1. The first-order valence-corrected chi connectivity index (χ1v) is 9.31. The van der Waals surface area contributed by atoms with Crippen LogP contribution in [0.25, 0.3) is 6.08 Å². The Morgan fingerprint density at radius 3 is 2.21 bits per heavy atom. The molecule has 0 aliphatic heterocycles. The van der Waals surface area contributed by atoms with Crippen LogP contribution < -0.4 is 5.32 Å². The van der Waals surface area contributed by atoms with Crippen LogP contribution in [0.4, 0.5) is 0 Å². The Morgan fingerprint density at radius 2 is 1.57 bits per heavy atom. The molecule has 3 aromatic heterocycles. The highest BCUT2D eigenvalue weighted by atomic mass is 16.3. The van der Waals surface area contributed by atoms with Gasteiger partial charge in [0.05, 0.1) is 29.7 Å². The Kier molecular flexibility index (Phi) is 7.67. The highest BCUT2D eigenvalue weighted by molar-refractivity contribution is 5.43. The van der Waals surface area contributed by atoms with E-state index in [1.807, 2.05) is 71.8 Å². The van der Waals surface area contributed by atoms with Crippen LogP contribution in [0.1, 0.15) is 17.1 Å². The molecule has 2 N–H and O–H groups in total. The van der Waals surface area contributed by atoms with Gasteiger partial charge in [0, 0.05) is 44.4 Å². The van der Waals surface area contributed by atoms with Crippen molar-refractivity contribution in [2.24, 2.45) is 0 Å². The summed E-state index contributed by atoms with van der Waals surface area (Å²) in [7, 11) is 0. The number of hydrogen-bond donors (Lipinski definition) is 2. The molecule has 0 saturated heterocycles. The van der Waals surface area contributed by atoms with Gasteiger partial charge in [-0.15, -0.1) is 0 Å². The first kappa shape index (κ1) is 19.7. The van der Waals surface area contributed by atoms with Crippen LogP contribution in [-0.4, -0.2) is 44.2 Å². The summed E-state index contributed by atoms with van der Waals surface area (Å²) in [6, 6.07) is 17.4. The number of aromatic nitrogens is 3. The lowest BCUT2D eigenvalue weighted by Gasteiger charge is -2.23. The monoisotopic (exact) mass is 375 g/mol. The van der Waals surface area contributed by atoms with Gasteiger partial charge in [-0.2, -0.15) is 0 Å². The van der Waals surface area contributed by atoms with Crippen LogP contribution in [0.5, 0.6) is 0 Å². The lowest BCUT2D eigenvalue weighted by atomic mass is 10.2. The van der Waals surface area contributed by atoms with Gasteiger partial charge in [0.2, 0.25) is 0 Å². The fourth-order valence-electron chi connectivity index (χ4n) is 2.74. The Bertz CT molecular complexity index is 827. The molecule has 6 heteroatoms. The molecule has 0 aromatic carbocycles. The molecule has 1 unspecified atom stereocenters. The van der Waals surface area contributed by atoms with Crippen molar-refractivity contribution < 1.29 is 5.11 Å². The standard InChI is InChI=1S/C22H25N5O/c28-22(16-23-15-20-8-2-5-12-25-20)18-27(17-21-9-3-6-13-26-21)14-10-19-7-1-4-11-24-19/h1-14,22-23,28H,15-18H2. The molecule has 6 nitrogen and oxygen atoms in total. The zero-order chi connectivity index (χ0) is 19.4. The maximum Gasteiger partial charge on any atom is 0.0839 e. The Hall–Kier alpha value is -3.09. The minimum atomic E-state index is -0.527. The highest BCUT2D eigenvalue weighted by Gasteiger charge is 2.10. The molecule has 0 aliphatic carbocycles. The van der Waals surface area contributed by atoms with Gasteiger partial charge in [-0.3, -0.25) is 15.0 Å². The van der Waals surface area contributed by atoms with Crippen molar-refractivity contribution >= 4 is 6.08 Å². The van der Waals surface area contributed by atoms with Gasteiger partial charge < -0.3 is 15.3 Å². The van der Waals surface area contributed by atoms with Crippen molar-refractivity contribution in [3.8, 4) is 0 Å². The zero-order valence-corrected chi connectivity index (χ0v) is 15.7. The number of nitrogens with one attached hydrogen (secondary N) is 1. The van der Waals surface area contributed by atoms with E-state index in [2.05, 4.69) is 20.3 Å². The number of pyridine rings is 3. The summed E-state index contributed by atoms with van der Waals surface area (Å²) in [5, 5.41) is 13.7. The molecule has 0 fully saturated rings. The van der Waals surface area contributed by atoms with Crippen LogP contribution in [0, 0.1) is 0 Å². The predicted molar refractivity (Wildman–Crippen MR) is 110 cm³/mol. The Morgan fingerprint density at radius 1 is 0.893 bits per heavy atom. The van der Waals surface area contributed by atoms with E-state index in [0.717, 1.165) is 17.1 Å². The molecule has 3 aromatic rings. The van der Waals surface area contributed by atoms with Gasteiger partial charge in [-0.25, -0.2) is 0 Å². The molecule has 3 rings (SSSR count). The summed E-state index contributed by atoms with van der Waals surface area (Å²) >= 11 is 0. The van der Waals surface area contributed by atoms with E-state index in [1.165, 1.54) is 0 Å². The number of hydrogen-bond acceptors (Lipinski definition) is 6. The van der Waals surface area contributed by atoms with Crippen molar-refractivity contribution in [3.63, 3.8) is 0 Å². The minimum Gasteiger partial charge on any atom is -0.390 e. The van der Waals surface area contributed by atoms with Crippen molar-refractivity contribution in [2.45, 2.75) is 19.2 Å². The van der Waals surface area contributed by atoms with Crippen molar-refractivity contribution in [1.82, 2.24) is 25.2 Å². The lowest BCUT2D eigenvalue weighted by Crippen LogP contribution is -2.36. The second-order valence-corrected chi connectivity index (χ2v) is 6.43. The largest absolute Gasteiger partial charge is 0.390 e. The van der Waals surface area contributed by atoms with E-state index in [-0.39, 0.29) is 0 Å². The van der Waals surface area contributed by atoms with E-state index in [4.69, 9.17) is 0 Å². The van der Waals surface area contributed by atoms with Crippen molar-refractivity contribution in [2.75, 3.05) is 13.1 Å². The summed E-state index contributed by atoms with van der Waals surface area (Å²) in [6.07, 6.45) is 8.68. The van der Waals surface area contributed by atoms with E-state index >= 15 is 0 Å². The van der Waals surface area contributed by atoms with Crippen LogP contribution in [-0.2, 0) is 13.1 Å². The number of nitrogens with zero attached hydrogens (tertiary/aromatic N) is 4. The van der Waals surface area contributed by atoms with Gasteiger partial charge in [-0.05, 0) is 42.5 Å². The van der Waals surface area contributed by atoms with Crippen molar-refractivity contribution in [3.05, 3.63) is 96.5 Å². The molecule has 0 aliphatic rings. The zero-order valence-electron chi connectivity index (χ0n) is 15.7. The summed E-state index contributed by atoms with van der Waals surface area (Å²) in [6.45, 7) is 2.20. The second kappa shape index (κ2) is 10.9. The highest BCUT2D eigenvalue weighted by Crippen LogP contribution is 2.06. The minimum absolute atomic E-state index is 0.479. The van der Waals surface area contributed by atoms with Gasteiger partial charge in [0.25, 0.3) is 0 Å². The third-order valence-electron chi connectivity index (χ3n) is 4.09. The molecular weight excluding hydrogens is 350 g/mol. The molecule has 144 valence electrons. The van der Waals surface area contributed by atoms with Crippen molar-refractivity contribution in [1.29, 1.82) is 0 Å². The lowest BCUT2D eigenvalue weighted by molar-refractivity contribution is 0.129. The summed E-state index contributed by atoms with van der Waals surface area (Å²) in [5.74, 6) is 0. The molecule has 1 atom stereocenters. The summed E-state index contributed by atoms with van der Waals surface area (Å²) in [4.78, 5) is 15.0. The summed E-state index contributed by atoms with van der Waals surface area (Å²) < 4.78 is 0. The van der Waals surface area contributed by atoms with E-state index < -0.39 is 6.10 Å².